The van der Waals surface area contributed by atoms with Crippen LogP contribution < -0.4 is 20.8 Å². The number of carbonyl (C=O) groups is 3. The highest BCUT2D eigenvalue weighted by molar-refractivity contribution is 6.39. The van der Waals surface area contributed by atoms with Gasteiger partial charge in [-0.05, 0) is 67.1 Å². The van der Waals surface area contributed by atoms with Crippen molar-refractivity contribution in [2.75, 3.05) is 17.2 Å². The molecule has 3 aromatic rings. The number of amides is 3. The maximum absolute atomic E-state index is 12.9. The maximum Gasteiger partial charge on any atom is 0.329 e. The zero-order valence-electron chi connectivity index (χ0n) is 18.0. The fraction of sp³-hybridized carbons (Fsp3) is 0.0833. The summed E-state index contributed by atoms with van der Waals surface area (Å²) in [6.45, 7) is 1.71. The zero-order valence-corrected chi connectivity index (χ0v) is 18.7. The molecule has 0 bridgehead atoms. The SMILES string of the molecule is Cc1ccc(NC(=O)COc2ccc(/C=N\NC(=O)C(=O)Nc3ccc(F)cc3)cc2Cl)cc1. The summed E-state index contributed by atoms with van der Waals surface area (Å²) < 4.78 is 18.3. The minimum absolute atomic E-state index is 0.229. The Morgan fingerprint density at radius 3 is 2.26 bits per heavy atom. The van der Waals surface area contributed by atoms with E-state index < -0.39 is 17.6 Å². The second-order valence-corrected chi connectivity index (χ2v) is 7.46. The van der Waals surface area contributed by atoms with Crippen molar-refractivity contribution in [2.45, 2.75) is 6.92 Å². The molecule has 0 saturated heterocycles. The van der Waals surface area contributed by atoms with E-state index >= 15 is 0 Å². The molecule has 3 amide bonds. The second-order valence-electron chi connectivity index (χ2n) is 7.05. The number of rotatable bonds is 7. The van der Waals surface area contributed by atoms with Crippen LogP contribution in [0.2, 0.25) is 5.02 Å². The van der Waals surface area contributed by atoms with Gasteiger partial charge < -0.3 is 15.4 Å². The Morgan fingerprint density at radius 2 is 1.59 bits per heavy atom. The predicted molar refractivity (Wildman–Crippen MR) is 128 cm³/mol. The number of ether oxygens (including phenoxy) is 1. The third-order valence-corrected chi connectivity index (χ3v) is 4.63. The summed E-state index contributed by atoms with van der Waals surface area (Å²) >= 11 is 6.19. The number of halogens is 2. The Labute approximate surface area is 199 Å². The summed E-state index contributed by atoms with van der Waals surface area (Å²) in [6, 6.07) is 17.0. The van der Waals surface area contributed by atoms with Gasteiger partial charge in [-0.3, -0.25) is 14.4 Å². The molecule has 0 heterocycles. The second kappa shape index (κ2) is 11.6. The molecule has 0 unspecified atom stereocenters. The zero-order chi connectivity index (χ0) is 24.5. The van der Waals surface area contributed by atoms with Crippen LogP contribution in [0.3, 0.4) is 0 Å². The van der Waals surface area contributed by atoms with Gasteiger partial charge in [-0.25, -0.2) is 9.82 Å². The molecule has 3 N–H and O–H groups in total. The lowest BCUT2D eigenvalue weighted by atomic mass is 10.2. The molecule has 0 aromatic heterocycles. The fourth-order valence-electron chi connectivity index (χ4n) is 2.63. The topological polar surface area (TPSA) is 109 Å². The van der Waals surface area contributed by atoms with Crippen LogP contribution in [0, 0.1) is 12.7 Å². The van der Waals surface area contributed by atoms with Crippen LogP contribution in [0.25, 0.3) is 0 Å². The van der Waals surface area contributed by atoms with E-state index in [1.54, 1.807) is 24.3 Å². The largest absolute Gasteiger partial charge is 0.482 e. The molecule has 0 atom stereocenters. The number of carbonyl (C=O) groups excluding carboxylic acids is 3. The van der Waals surface area contributed by atoms with E-state index in [1.807, 2.05) is 19.1 Å². The van der Waals surface area contributed by atoms with Crippen LogP contribution in [0.1, 0.15) is 11.1 Å². The van der Waals surface area contributed by atoms with Crippen LogP contribution in [0.5, 0.6) is 5.75 Å². The van der Waals surface area contributed by atoms with Crippen LogP contribution >= 0.6 is 11.6 Å². The van der Waals surface area contributed by atoms with Crippen LogP contribution in [-0.2, 0) is 14.4 Å². The van der Waals surface area contributed by atoms with Crippen molar-refractivity contribution in [1.29, 1.82) is 0 Å². The molecule has 0 aliphatic heterocycles. The Bertz CT molecular complexity index is 1210. The third-order valence-electron chi connectivity index (χ3n) is 4.34. The van der Waals surface area contributed by atoms with Crippen molar-refractivity contribution in [3.8, 4) is 5.75 Å². The number of anilines is 2. The van der Waals surface area contributed by atoms with Crippen molar-refractivity contribution >= 4 is 46.9 Å². The normalized spacial score (nSPS) is 10.6. The highest BCUT2D eigenvalue weighted by Crippen LogP contribution is 2.25. The molecular formula is C24H20ClFN4O4. The number of hydrazone groups is 1. The predicted octanol–water partition coefficient (Wildman–Crippen LogP) is 3.89. The molecule has 3 rings (SSSR count). The van der Waals surface area contributed by atoms with Gasteiger partial charge in [-0.2, -0.15) is 5.10 Å². The van der Waals surface area contributed by atoms with Gasteiger partial charge in [0.1, 0.15) is 11.6 Å². The molecule has 0 aliphatic carbocycles. The van der Waals surface area contributed by atoms with E-state index in [-0.39, 0.29) is 23.2 Å². The lowest BCUT2D eigenvalue weighted by molar-refractivity contribution is -0.136. The maximum atomic E-state index is 12.9. The van der Waals surface area contributed by atoms with Crippen molar-refractivity contribution in [3.63, 3.8) is 0 Å². The van der Waals surface area contributed by atoms with Gasteiger partial charge in [-0.15, -0.1) is 0 Å². The molecule has 174 valence electrons. The van der Waals surface area contributed by atoms with Crippen molar-refractivity contribution < 1.29 is 23.5 Å². The van der Waals surface area contributed by atoms with Gasteiger partial charge in [-0.1, -0.05) is 29.3 Å². The van der Waals surface area contributed by atoms with Gasteiger partial charge in [0.2, 0.25) is 0 Å². The number of nitrogens with one attached hydrogen (secondary N) is 3. The third kappa shape index (κ3) is 7.42. The summed E-state index contributed by atoms with van der Waals surface area (Å²) in [5, 5.41) is 8.97. The van der Waals surface area contributed by atoms with Crippen LogP contribution in [-0.4, -0.2) is 30.5 Å². The molecular weight excluding hydrogens is 463 g/mol. The first kappa shape index (κ1) is 24.4. The minimum Gasteiger partial charge on any atom is -0.482 e. The first-order valence-corrected chi connectivity index (χ1v) is 10.4. The van der Waals surface area contributed by atoms with Gasteiger partial charge in [0.25, 0.3) is 5.91 Å². The molecule has 0 saturated carbocycles. The number of hydrogen-bond acceptors (Lipinski definition) is 5. The lowest BCUT2D eigenvalue weighted by Gasteiger charge is -2.09. The molecule has 0 spiro atoms. The van der Waals surface area contributed by atoms with Crippen LogP contribution in [0.15, 0.2) is 71.8 Å². The van der Waals surface area contributed by atoms with E-state index in [4.69, 9.17) is 16.3 Å². The molecule has 0 fully saturated rings. The molecule has 0 radical (unpaired) electrons. The van der Waals surface area contributed by atoms with E-state index in [2.05, 4.69) is 21.2 Å². The van der Waals surface area contributed by atoms with E-state index in [0.29, 0.717) is 17.0 Å². The first-order valence-electron chi connectivity index (χ1n) is 9.99. The summed E-state index contributed by atoms with van der Waals surface area (Å²) in [4.78, 5) is 35.7. The Balaban J connectivity index is 1.47. The number of benzene rings is 3. The first-order chi connectivity index (χ1) is 16.3. The summed E-state index contributed by atoms with van der Waals surface area (Å²) in [6.07, 6.45) is 1.28. The highest BCUT2D eigenvalue weighted by Gasteiger charge is 2.13. The monoisotopic (exact) mass is 482 g/mol. The van der Waals surface area contributed by atoms with E-state index in [9.17, 15) is 18.8 Å². The van der Waals surface area contributed by atoms with Crippen LogP contribution in [0.4, 0.5) is 15.8 Å². The lowest BCUT2D eigenvalue weighted by Crippen LogP contribution is -2.32. The quantitative estimate of drug-likeness (QED) is 0.269. The van der Waals surface area contributed by atoms with Crippen molar-refractivity contribution in [3.05, 3.63) is 88.7 Å². The molecule has 0 aliphatic rings. The number of aryl methyl sites for hydroxylation is 1. The van der Waals surface area contributed by atoms with E-state index in [1.165, 1.54) is 24.4 Å². The van der Waals surface area contributed by atoms with Crippen molar-refractivity contribution in [2.24, 2.45) is 5.10 Å². The van der Waals surface area contributed by atoms with Crippen molar-refractivity contribution in [1.82, 2.24) is 5.43 Å². The molecule has 3 aromatic carbocycles. The van der Waals surface area contributed by atoms with Gasteiger partial charge in [0.05, 0.1) is 11.2 Å². The van der Waals surface area contributed by atoms with Gasteiger partial charge in [0, 0.05) is 11.4 Å². The standard InChI is InChI=1S/C24H20ClFN4O4/c1-15-2-7-18(8-3-15)28-22(31)14-34-21-11-4-16(12-20(21)25)13-27-30-24(33)23(32)29-19-9-5-17(26)6-10-19/h2-13H,14H2,1H3,(H,28,31)(H,29,32)(H,30,33)/b27-13-. The smallest absolute Gasteiger partial charge is 0.329 e. The molecule has 10 heteroatoms. The Kier molecular flexibility index (Phi) is 8.31. The van der Waals surface area contributed by atoms with E-state index in [0.717, 1.165) is 17.7 Å². The number of hydrogen-bond donors (Lipinski definition) is 3. The average molecular weight is 483 g/mol. The number of nitrogens with zero attached hydrogens (tertiary/aromatic N) is 1. The summed E-state index contributed by atoms with van der Waals surface area (Å²) in [5.41, 5.74) is 4.60. The Hall–Kier alpha value is -4.24. The fourth-order valence-corrected chi connectivity index (χ4v) is 2.87. The average Bonchev–Trinajstić information content (AvgIpc) is 2.81. The molecule has 8 nitrogen and oxygen atoms in total. The Morgan fingerprint density at radius 1 is 0.941 bits per heavy atom. The summed E-state index contributed by atoms with van der Waals surface area (Å²) in [7, 11) is 0. The van der Waals surface area contributed by atoms with Gasteiger partial charge >= 0.3 is 11.8 Å². The van der Waals surface area contributed by atoms with Gasteiger partial charge in [0.15, 0.2) is 6.61 Å². The minimum atomic E-state index is -1.01. The molecule has 34 heavy (non-hydrogen) atoms. The summed E-state index contributed by atoms with van der Waals surface area (Å²) in [5.74, 6) is -2.49. The highest BCUT2D eigenvalue weighted by atomic mass is 35.5.